The zero-order chi connectivity index (χ0) is 19.2. The Labute approximate surface area is 152 Å². The monoisotopic (exact) mass is 397 g/mol. The highest BCUT2D eigenvalue weighted by Crippen LogP contribution is 2.27. The summed E-state index contributed by atoms with van der Waals surface area (Å²) in [7, 11) is 0. The first-order valence-corrected chi connectivity index (χ1v) is 8.99. The molecule has 0 aliphatic carbocycles. The molecule has 0 atom stereocenters. The predicted molar refractivity (Wildman–Crippen MR) is 89.5 cm³/mol. The number of carbonyl (C=O) groups excluding carboxylic acids is 1. The molecule has 0 spiro atoms. The number of halogens is 5. The van der Waals surface area contributed by atoms with Crippen molar-refractivity contribution in [1.29, 1.82) is 0 Å². The van der Waals surface area contributed by atoms with E-state index in [1.54, 1.807) is 0 Å². The van der Waals surface area contributed by atoms with Crippen molar-refractivity contribution in [3.8, 4) is 0 Å². The molecular formula is C16H20F5N3OS. The number of hydrogen-bond acceptors (Lipinski definition) is 4. The summed E-state index contributed by atoms with van der Waals surface area (Å²) in [6, 6.07) is 2.66. The van der Waals surface area contributed by atoms with Gasteiger partial charge in [-0.2, -0.15) is 13.2 Å². The molecule has 0 bridgehead atoms. The summed E-state index contributed by atoms with van der Waals surface area (Å²) in [5, 5.41) is 2.68. The smallest absolute Gasteiger partial charge is 0.352 e. The van der Waals surface area contributed by atoms with Crippen molar-refractivity contribution < 1.29 is 26.7 Å². The standard InChI is InChI=1S/C16H20F5N3OS/c17-13-7-12(8-14(18)9-13)15(25)22-10-11-1-4-24(5-2-11)6-3-23-26-16(19,20)21/h7-9,11,23H,1-6,10H2,(H,22,25). The largest absolute Gasteiger partial charge is 0.456 e. The fourth-order valence-corrected chi connectivity index (χ4v) is 3.13. The first kappa shape index (κ1) is 20.9. The molecule has 146 valence electrons. The van der Waals surface area contributed by atoms with E-state index in [0.717, 1.165) is 38.1 Å². The van der Waals surface area contributed by atoms with Crippen molar-refractivity contribution in [2.24, 2.45) is 5.92 Å². The molecule has 1 fully saturated rings. The molecule has 10 heteroatoms. The zero-order valence-electron chi connectivity index (χ0n) is 13.9. The van der Waals surface area contributed by atoms with Gasteiger partial charge in [-0.15, -0.1) is 0 Å². The Morgan fingerprint density at radius 1 is 1.15 bits per heavy atom. The van der Waals surface area contributed by atoms with Crippen LogP contribution in [-0.2, 0) is 0 Å². The maximum Gasteiger partial charge on any atom is 0.456 e. The molecule has 0 unspecified atom stereocenters. The number of piperidine rings is 1. The quantitative estimate of drug-likeness (QED) is 0.422. The molecule has 0 aromatic heterocycles. The summed E-state index contributed by atoms with van der Waals surface area (Å²) >= 11 is -0.244. The lowest BCUT2D eigenvalue weighted by atomic mass is 9.96. The summed E-state index contributed by atoms with van der Waals surface area (Å²) in [6.07, 6.45) is 1.59. The fourth-order valence-electron chi connectivity index (χ4n) is 2.77. The van der Waals surface area contributed by atoms with Gasteiger partial charge in [0.2, 0.25) is 0 Å². The lowest BCUT2D eigenvalue weighted by molar-refractivity contribution is -0.0336. The number of nitrogens with one attached hydrogen (secondary N) is 2. The van der Waals surface area contributed by atoms with Crippen LogP contribution in [0.4, 0.5) is 22.0 Å². The van der Waals surface area contributed by atoms with Gasteiger partial charge in [0.05, 0.1) is 0 Å². The average Bonchev–Trinajstić information content (AvgIpc) is 2.56. The molecule has 0 saturated carbocycles. The first-order chi connectivity index (χ1) is 12.2. The Kier molecular flexibility index (Phi) is 7.66. The Balaban J connectivity index is 1.65. The number of nitrogens with zero attached hydrogens (tertiary/aromatic N) is 1. The maximum absolute atomic E-state index is 13.1. The van der Waals surface area contributed by atoms with E-state index in [4.69, 9.17) is 0 Å². The van der Waals surface area contributed by atoms with Crippen LogP contribution in [0.5, 0.6) is 0 Å². The topological polar surface area (TPSA) is 44.4 Å². The Morgan fingerprint density at radius 2 is 1.77 bits per heavy atom. The van der Waals surface area contributed by atoms with E-state index in [1.807, 2.05) is 0 Å². The third kappa shape index (κ3) is 7.46. The molecule has 2 rings (SSSR count). The third-order valence-electron chi connectivity index (χ3n) is 4.10. The van der Waals surface area contributed by atoms with Gasteiger partial charge in [0.1, 0.15) is 11.6 Å². The first-order valence-electron chi connectivity index (χ1n) is 8.17. The van der Waals surface area contributed by atoms with E-state index in [2.05, 4.69) is 14.9 Å². The van der Waals surface area contributed by atoms with Gasteiger partial charge in [0.15, 0.2) is 0 Å². The van der Waals surface area contributed by atoms with E-state index in [1.165, 1.54) is 0 Å². The number of likely N-dealkylation sites (tertiary alicyclic amines) is 1. The molecular weight excluding hydrogens is 377 g/mol. The van der Waals surface area contributed by atoms with Gasteiger partial charge in [0.25, 0.3) is 5.91 Å². The molecule has 4 nitrogen and oxygen atoms in total. The second-order valence-corrected chi connectivity index (χ2v) is 7.05. The normalized spacial score (nSPS) is 16.7. The zero-order valence-corrected chi connectivity index (χ0v) is 14.7. The minimum Gasteiger partial charge on any atom is -0.352 e. The number of hydrogen-bond donors (Lipinski definition) is 2. The second-order valence-electron chi connectivity index (χ2n) is 6.10. The number of carbonyl (C=O) groups is 1. The van der Waals surface area contributed by atoms with E-state index < -0.39 is 23.0 Å². The lowest BCUT2D eigenvalue weighted by Gasteiger charge is -2.32. The molecule has 26 heavy (non-hydrogen) atoms. The van der Waals surface area contributed by atoms with Crippen molar-refractivity contribution in [2.45, 2.75) is 18.3 Å². The van der Waals surface area contributed by atoms with Gasteiger partial charge in [-0.1, -0.05) is 0 Å². The SMILES string of the molecule is O=C(NCC1CCN(CCNSC(F)(F)F)CC1)c1cc(F)cc(F)c1. The van der Waals surface area contributed by atoms with Crippen molar-refractivity contribution >= 4 is 17.9 Å². The van der Waals surface area contributed by atoms with Crippen LogP contribution in [-0.4, -0.2) is 49.0 Å². The van der Waals surface area contributed by atoms with Gasteiger partial charge in [-0.3, -0.25) is 9.52 Å². The van der Waals surface area contributed by atoms with E-state index in [9.17, 15) is 26.7 Å². The van der Waals surface area contributed by atoms with Crippen molar-refractivity contribution in [3.05, 3.63) is 35.4 Å². The summed E-state index contributed by atoms with van der Waals surface area (Å²) in [5.74, 6) is -1.91. The third-order valence-corrected chi connectivity index (χ3v) is 4.68. The highest BCUT2D eigenvalue weighted by molar-refractivity contribution is 7.98. The van der Waals surface area contributed by atoms with Crippen molar-refractivity contribution in [1.82, 2.24) is 14.9 Å². The molecule has 0 radical (unpaired) electrons. The lowest BCUT2D eigenvalue weighted by Crippen LogP contribution is -2.40. The molecule has 2 N–H and O–H groups in total. The van der Waals surface area contributed by atoms with Crippen molar-refractivity contribution in [2.75, 3.05) is 32.7 Å². The van der Waals surface area contributed by atoms with Crippen LogP contribution < -0.4 is 10.0 Å². The average molecular weight is 397 g/mol. The van der Waals surface area contributed by atoms with Gasteiger partial charge < -0.3 is 10.2 Å². The molecule has 1 aliphatic rings. The number of rotatable bonds is 7. The van der Waals surface area contributed by atoms with E-state index >= 15 is 0 Å². The Bertz CT molecular complexity index is 586. The van der Waals surface area contributed by atoms with Gasteiger partial charge in [-0.05, 0) is 44.0 Å². The highest BCUT2D eigenvalue weighted by atomic mass is 32.2. The molecule has 1 saturated heterocycles. The maximum atomic E-state index is 13.1. The summed E-state index contributed by atoms with van der Waals surface area (Å²) in [5.41, 5.74) is -4.34. The molecule has 1 amide bonds. The molecule has 1 aliphatic heterocycles. The van der Waals surface area contributed by atoms with Crippen LogP contribution in [0, 0.1) is 17.6 Å². The predicted octanol–water partition coefficient (Wildman–Crippen LogP) is 3.16. The number of alkyl halides is 3. The van der Waals surface area contributed by atoms with Gasteiger partial charge in [0, 0.05) is 43.2 Å². The summed E-state index contributed by atoms with van der Waals surface area (Å²) < 4.78 is 64.5. The van der Waals surface area contributed by atoms with Crippen molar-refractivity contribution in [3.63, 3.8) is 0 Å². The van der Waals surface area contributed by atoms with Crippen LogP contribution in [0.25, 0.3) is 0 Å². The van der Waals surface area contributed by atoms with Crippen LogP contribution >= 0.6 is 11.9 Å². The van der Waals surface area contributed by atoms with Crippen LogP contribution in [0.2, 0.25) is 0 Å². The number of amides is 1. The summed E-state index contributed by atoms with van der Waals surface area (Å²) in [6.45, 7) is 2.61. The Hall–Kier alpha value is -1.39. The minimum absolute atomic E-state index is 0.0619. The fraction of sp³-hybridized carbons (Fsp3) is 0.562. The van der Waals surface area contributed by atoms with Gasteiger partial charge >= 0.3 is 5.51 Å². The van der Waals surface area contributed by atoms with Crippen LogP contribution in [0.15, 0.2) is 18.2 Å². The summed E-state index contributed by atoms with van der Waals surface area (Å²) in [4.78, 5) is 14.0. The second kappa shape index (κ2) is 9.52. The Morgan fingerprint density at radius 3 is 2.35 bits per heavy atom. The molecule has 1 aromatic rings. The van der Waals surface area contributed by atoms with Crippen LogP contribution in [0.3, 0.4) is 0 Å². The minimum atomic E-state index is -4.28. The van der Waals surface area contributed by atoms with E-state index in [-0.39, 0.29) is 30.0 Å². The van der Waals surface area contributed by atoms with Gasteiger partial charge in [-0.25, -0.2) is 8.78 Å². The van der Waals surface area contributed by atoms with Crippen LogP contribution in [0.1, 0.15) is 23.2 Å². The van der Waals surface area contributed by atoms with E-state index in [0.29, 0.717) is 19.2 Å². The highest BCUT2D eigenvalue weighted by Gasteiger charge is 2.28. The molecule has 1 aromatic carbocycles. The molecule has 1 heterocycles. The number of benzene rings is 1.